The minimum absolute atomic E-state index is 0.255. The van der Waals surface area contributed by atoms with Crippen molar-refractivity contribution in [2.75, 3.05) is 0 Å². The zero-order valence-corrected chi connectivity index (χ0v) is 12.2. The lowest BCUT2D eigenvalue weighted by molar-refractivity contribution is 0.600. The highest BCUT2D eigenvalue weighted by Crippen LogP contribution is 2.34. The summed E-state index contributed by atoms with van der Waals surface area (Å²) in [6.07, 6.45) is 2.17. The molecule has 0 bridgehead atoms. The highest BCUT2D eigenvalue weighted by atomic mass is 32.1. The second-order valence-electron chi connectivity index (χ2n) is 5.23. The Balaban J connectivity index is 1.88. The number of rotatable bonds is 1. The topological polar surface area (TPSA) is 17.0 Å². The highest BCUT2D eigenvalue weighted by Gasteiger charge is 2.24. The normalized spacial score (nSPS) is 17.4. The van der Waals surface area contributed by atoms with E-state index in [1.165, 1.54) is 27.4 Å². The Morgan fingerprint density at radius 1 is 1.15 bits per heavy atom. The van der Waals surface area contributed by atoms with E-state index in [2.05, 4.69) is 70.8 Å². The fourth-order valence-corrected chi connectivity index (χ4v) is 4.02. The Labute approximate surface area is 122 Å². The van der Waals surface area contributed by atoms with Gasteiger partial charge in [-0.3, -0.25) is 0 Å². The lowest BCUT2D eigenvalue weighted by atomic mass is 10.0. The Hall–Kier alpha value is -1.84. The van der Waals surface area contributed by atoms with Crippen LogP contribution in [0.4, 0.5) is 0 Å². The monoisotopic (exact) mass is 280 g/mol. The van der Waals surface area contributed by atoms with Gasteiger partial charge >= 0.3 is 0 Å². The number of nitrogens with one attached hydrogen (secondary N) is 1. The molecule has 0 amide bonds. The van der Waals surface area contributed by atoms with Gasteiger partial charge < -0.3 is 9.88 Å². The van der Waals surface area contributed by atoms with Gasteiger partial charge in [0.1, 0.15) is 5.00 Å². The van der Waals surface area contributed by atoms with Gasteiger partial charge in [0, 0.05) is 24.0 Å². The maximum atomic E-state index is 3.71. The van der Waals surface area contributed by atoms with Crippen LogP contribution in [-0.4, -0.2) is 4.57 Å². The van der Waals surface area contributed by atoms with E-state index in [1.54, 1.807) is 0 Å². The van der Waals surface area contributed by atoms with Crippen LogP contribution in [0, 0.1) is 6.92 Å². The van der Waals surface area contributed by atoms with Crippen LogP contribution < -0.4 is 5.32 Å². The molecule has 3 aromatic rings. The van der Waals surface area contributed by atoms with Crippen molar-refractivity contribution in [1.82, 2.24) is 9.88 Å². The number of aryl methyl sites for hydroxylation is 1. The van der Waals surface area contributed by atoms with E-state index in [0.29, 0.717) is 0 Å². The molecule has 0 aliphatic carbocycles. The van der Waals surface area contributed by atoms with E-state index in [9.17, 15) is 0 Å². The average molecular weight is 280 g/mol. The summed E-state index contributed by atoms with van der Waals surface area (Å²) in [5, 5.41) is 7.31. The first kappa shape index (κ1) is 11.9. The van der Waals surface area contributed by atoms with E-state index < -0.39 is 0 Å². The lowest BCUT2D eigenvalue weighted by Crippen LogP contribution is -2.21. The second-order valence-corrected chi connectivity index (χ2v) is 6.09. The summed E-state index contributed by atoms with van der Waals surface area (Å²) in [6.45, 7) is 3.12. The Bertz CT molecular complexity index is 739. The molecule has 1 aliphatic heterocycles. The van der Waals surface area contributed by atoms with Gasteiger partial charge in [-0.05, 0) is 35.6 Å². The molecule has 1 N–H and O–H groups in total. The molecule has 3 heterocycles. The van der Waals surface area contributed by atoms with Crippen molar-refractivity contribution in [3.63, 3.8) is 0 Å². The highest BCUT2D eigenvalue weighted by molar-refractivity contribution is 7.12. The van der Waals surface area contributed by atoms with Crippen LogP contribution in [0.3, 0.4) is 0 Å². The summed E-state index contributed by atoms with van der Waals surface area (Å²) in [5.74, 6) is 0. The molecule has 20 heavy (non-hydrogen) atoms. The number of aromatic nitrogens is 1. The van der Waals surface area contributed by atoms with Crippen molar-refractivity contribution >= 4 is 11.3 Å². The van der Waals surface area contributed by atoms with Gasteiger partial charge in [-0.2, -0.15) is 0 Å². The van der Waals surface area contributed by atoms with Crippen LogP contribution >= 0.6 is 11.3 Å². The molecule has 1 aliphatic rings. The standard InChI is InChI=1S/C17H16N2S/c1-12-11-20-17-14(12)10-18-16(13-6-3-2-4-7-13)15-8-5-9-19(15)17/h2-9,11,16,18H,10H2,1H3. The van der Waals surface area contributed by atoms with Crippen LogP contribution in [0.5, 0.6) is 0 Å². The van der Waals surface area contributed by atoms with Crippen molar-refractivity contribution in [2.24, 2.45) is 0 Å². The van der Waals surface area contributed by atoms with Crippen molar-refractivity contribution in [3.05, 3.63) is 76.4 Å². The van der Waals surface area contributed by atoms with Crippen molar-refractivity contribution in [3.8, 4) is 5.00 Å². The van der Waals surface area contributed by atoms with Crippen LogP contribution in [0.1, 0.15) is 28.4 Å². The number of hydrogen-bond acceptors (Lipinski definition) is 2. The molecule has 1 aromatic carbocycles. The molecule has 0 saturated carbocycles. The molecular weight excluding hydrogens is 264 g/mol. The van der Waals surface area contributed by atoms with E-state index in [4.69, 9.17) is 0 Å². The van der Waals surface area contributed by atoms with E-state index in [-0.39, 0.29) is 6.04 Å². The maximum Gasteiger partial charge on any atom is 0.104 e. The first-order valence-corrected chi connectivity index (χ1v) is 7.75. The largest absolute Gasteiger partial charge is 0.310 e. The molecule has 0 saturated heterocycles. The molecule has 0 radical (unpaired) electrons. The average Bonchev–Trinajstić information content (AvgIpc) is 3.05. The third kappa shape index (κ3) is 1.74. The Kier molecular flexibility index (Phi) is 2.76. The van der Waals surface area contributed by atoms with Gasteiger partial charge in [-0.1, -0.05) is 30.3 Å². The number of nitrogens with zero attached hydrogens (tertiary/aromatic N) is 1. The van der Waals surface area contributed by atoms with Crippen molar-refractivity contribution < 1.29 is 0 Å². The Morgan fingerprint density at radius 2 is 2.00 bits per heavy atom. The summed E-state index contributed by atoms with van der Waals surface area (Å²) in [7, 11) is 0. The number of fused-ring (bicyclic) bond motifs is 3. The van der Waals surface area contributed by atoms with Gasteiger partial charge in [0.15, 0.2) is 0 Å². The number of thiophene rings is 1. The van der Waals surface area contributed by atoms with Crippen LogP contribution in [0.15, 0.2) is 54.0 Å². The van der Waals surface area contributed by atoms with E-state index in [1.807, 2.05) is 11.3 Å². The molecule has 100 valence electrons. The predicted molar refractivity (Wildman–Crippen MR) is 83.5 cm³/mol. The fourth-order valence-electron chi connectivity index (χ4n) is 2.93. The predicted octanol–water partition coefficient (Wildman–Crippen LogP) is 4.04. The first-order valence-electron chi connectivity index (χ1n) is 6.87. The minimum atomic E-state index is 0.255. The summed E-state index contributed by atoms with van der Waals surface area (Å²) >= 11 is 1.83. The smallest absolute Gasteiger partial charge is 0.104 e. The summed E-state index contributed by atoms with van der Waals surface area (Å²) < 4.78 is 2.34. The molecule has 1 atom stereocenters. The van der Waals surface area contributed by atoms with Crippen LogP contribution in [0.25, 0.3) is 5.00 Å². The van der Waals surface area contributed by atoms with Gasteiger partial charge in [-0.25, -0.2) is 0 Å². The van der Waals surface area contributed by atoms with Crippen LogP contribution in [0.2, 0.25) is 0 Å². The molecule has 3 heteroatoms. The van der Waals surface area contributed by atoms with E-state index >= 15 is 0 Å². The van der Waals surface area contributed by atoms with Gasteiger partial charge in [-0.15, -0.1) is 11.3 Å². The quantitative estimate of drug-likeness (QED) is 0.712. The van der Waals surface area contributed by atoms with Gasteiger partial charge in [0.05, 0.1) is 6.04 Å². The minimum Gasteiger partial charge on any atom is -0.310 e. The molecular formula is C17H16N2S. The summed E-state index contributed by atoms with van der Waals surface area (Å²) in [6, 6.07) is 15.3. The third-order valence-corrected chi connectivity index (χ3v) is 5.13. The summed E-state index contributed by atoms with van der Waals surface area (Å²) in [5.41, 5.74) is 5.44. The third-order valence-electron chi connectivity index (χ3n) is 3.99. The maximum absolute atomic E-state index is 3.71. The lowest BCUT2D eigenvalue weighted by Gasteiger charge is -2.17. The SMILES string of the molecule is Cc1csc2c1CNC(c1ccccc1)c1cccn1-2. The van der Waals surface area contributed by atoms with Crippen molar-refractivity contribution in [2.45, 2.75) is 19.5 Å². The first-order chi connectivity index (χ1) is 9.84. The Morgan fingerprint density at radius 3 is 2.85 bits per heavy atom. The molecule has 1 unspecified atom stereocenters. The second kappa shape index (κ2) is 4.62. The number of hydrogen-bond donors (Lipinski definition) is 1. The summed E-state index contributed by atoms with van der Waals surface area (Å²) in [4.78, 5) is 0. The molecule has 2 aromatic heterocycles. The van der Waals surface area contributed by atoms with Crippen molar-refractivity contribution in [1.29, 1.82) is 0 Å². The molecule has 0 fully saturated rings. The molecule has 0 spiro atoms. The van der Waals surface area contributed by atoms with Gasteiger partial charge in [0.25, 0.3) is 0 Å². The van der Waals surface area contributed by atoms with E-state index in [0.717, 1.165) is 6.54 Å². The van der Waals surface area contributed by atoms with Gasteiger partial charge in [0.2, 0.25) is 0 Å². The molecule has 4 rings (SSSR count). The fraction of sp³-hybridized carbons (Fsp3) is 0.176. The zero-order valence-electron chi connectivity index (χ0n) is 11.3. The zero-order chi connectivity index (χ0) is 13.5. The number of benzene rings is 1. The molecule has 2 nitrogen and oxygen atoms in total. The van der Waals surface area contributed by atoms with Crippen LogP contribution in [-0.2, 0) is 6.54 Å².